The van der Waals surface area contributed by atoms with E-state index in [1.54, 1.807) is 6.07 Å². The molecule has 1 aromatic rings. The zero-order valence-electron chi connectivity index (χ0n) is 7.69. The number of hydrogen-bond donors (Lipinski definition) is 2. The van der Waals surface area contributed by atoms with Crippen molar-refractivity contribution in [3.05, 3.63) is 23.8 Å². The Hall–Kier alpha value is -1.75. The van der Waals surface area contributed by atoms with E-state index >= 15 is 0 Å². The number of primary amides is 1. The van der Waals surface area contributed by atoms with Crippen LogP contribution in [-0.4, -0.2) is 18.3 Å². The molecule has 3 N–H and O–H groups in total. The third-order valence-corrected chi connectivity index (χ3v) is 1.65. The van der Waals surface area contributed by atoms with E-state index in [2.05, 4.69) is 4.74 Å². The van der Waals surface area contributed by atoms with Gasteiger partial charge in [0.25, 0.3) is 0 Å². The molecule has 0 atom stereocenters. The van der Waals surface area contributed by atoms with Crippen molar-refractivity contribution in [2.45, 2.75) is 6.61 Å². The third kappa shape index (κ3) is 2.37. The Kier molecular flexibility index (Phi) is 3.30. The Morgan fingerprint density at radius 2 is 2.29 bits per heavy atom. The van der Waals surface area contributed by atoms with E-state index < -0.39 is 6.09 Å². The predicted molar refractivity (Wildman–Crippen MR) is 49.1 cm³/mol. The van der Waals surface area contributed by atoms with Gasteiger partial charge < -0.3 is 20.3 Å². The fourth-order valence-electron chi connectivity index (χ4n) is 1.04. The van der Waals surface area contributed by atoms with E-state index in [0.717, 1.165) is 0 Å². The van der Waals surface area contributed by atoms with Crippen molar-refractivity contribution < 1.29 is 19.4 Å². The maximum Gasteiger partial charge on any atom is 0.409 e. The summed E-state index contributed by atoms with van der Waals surface area (Å²) >= 11 is 0. The van der Waals surface area contributed by atoms with Gasteiger partial charge in [-0.05, 0) is 12.1 Å². The van der Waals surface area contributed by atoms with Crippen LogP contribution in [0.25, 0.3) is 0 Å². The second-order valence-electron chi connectivity index (χ2n) is 2.55. The molecule has 0 saturated carbocycles. The third-order valence-electron chi connectivity index (χ3n) is 1.65. The second kappa shape index (κ2) is 4.48. The molecular formula is C9H11NO4. The highest BCUT2D eigenvalue weighted by Gasteiger charge is 2.05. The molecular weight excluding hydrogens is 186 g/mol. The summed E-state index contributed by atoms with van der Waals surface area (Å²) in [5.74, 6) is 0.734. The molecule has 76 valence electrons. The molecule has 5 nitrogen and oxygen atoms in total. The fraction of sp³-hybridized carbons (Fsp3) is 0.222. The second-order valence-corrected chi connectivity index (χ2v) is 2.55. The number of carbonyl (C=O) groups excluding carboxylic acids is 1. The lowest BCUT2D eigenvalue weighted by atomic mass is 10.2. The SMILES string of the molecule is COc1cc(OC(N)=O)ccc1CO. The molecule has 0 aliphatic heterocycles. The molecule has 14 heavy (non-hydrogen) atoms. The molecule has 1 aromatic carbocycles. The normalized spacial score (nSPS) is 9.57. The van der Waals surface area contributed by atoms with Gasteiger partial charge in [0.05, 0.1) is 13.7 Å². The van der Waals surface area contributed by atoms with Crippen LogP contribution >= 0.6 is 0 Å². The van der Waals surface area contributed by atoms with E-state index in [1.165, 1.54) is 19.2 Å². The molecule has 0 fully saturated rings. The maximum atomic E-state index is 10.4. The Balaban J connectivity index is 2.95. The number of methoxy groups -OCH3 is 1. The Bertz CT molecular complexity index is 338. The molecule has 0 bridgehead atoms. The molecule has 0 spiro atoms. The lowest BCUT2D eigenvalue weighted by Gasteiger charge is -2.07. The van der Waals surface area contributed by atoms with E-state index in [-0.39, 0.29) is 12.4 Å². The standard InChI is InChI=1S/C9H11NO4/c1-13-8-4-7(14-9(10)12)3-2-6(8)5-11/h2-4,11H,5H2,1H3,(H2,10,12). The Morgan fingerprint density at radius 3 is 2.79 bits per heavy atom. The first kappa shape index (κ1) is 10.3. The highest BCUT2D eigenvalue weighted by Crippen LogP contribution is 2.24. The summed E-state index contributed by atoms with van der Waals surface area (Å²) in [5.41, 5.74) is 5.45. The van der Waals surface area contributed by atoms with Crippen LogP contribution in [0.5, 0.6) is 11.5 Å². The smallest absolute Gasteiger partial charge is 0.409 e. The highest BCUT2D eigenvalue weighted by atomic mass is 16.5. The molecule has 0 saturated heterocycles. The zero-order chi connectivity index (χ0) is 10.6. The Labute approximate surface area is 81.0 Å². The first-order valence-electron chi connectivity index (χ1n) is 3.92. The topological polar surface area (TPSA) is 81.8 Å². The summed E-state index contributed by atoms with van der Waals surface area (Å²) in [6.07, 6.45) is -0.885. The lowest BCUT2D eigenvalue weighted by Crippen LogP contribution is -2.16. The molecule has 1 rings (SSSR count). The minimum Gasteiger partial charge on any atom is -0.496 e. The number of aliphatic hydroxyl groups is 1. The summed E-state index contributed by atoms with van der Waals surface area (Å²) in [5, 5.41) is 8.91. The largest absolute Gasteiger partial charge is 0.496 e. The van der Waals surface area contributed by atoms with E-state index in [4.69, 9.17) is 15.6 Å². The van der Waals surface area contributed by atoms with Crippen LogP contribution < -0.4 is 15.2 Å². The summed E-state index contributed by atoms with van der Waals surface area (Å²) in [4.78, 5) is 10.4. The Morgan fingerprint density at radius 1 is 1.57 bits per heavy atom. The van der Waals surface area contributed by atoms with Gasteiger partial charge in [0, 0.05) is 11.6 Å². The molecule has 0 aromatic heterocycles. The number of benzene rings is 1. The van der Waals surface area contributed by atoms with Gasteiger partial charge in [-0.15, -0.1) is 0 Å². The van der Waals surface area contributed by atoms with Gasteiger partial charge in [0.1, 0.15) is 11.5 Å². The molecule has 0 heterocycles. The van der Waals surface area contributed by atoms with Crippen molar-refractivity contribution in [2.24, 2.45) is 5.73 Å². The van der Waals surface area contributed by atoms with Gasteiger partial charge >= 0.3 is 6.09 Å². The minimum absolute atomic E-state index is 0.139. The number of hydrogen-bond acceptors (Lipinski definition) is 4. The number of carbonyl (C=O) groups is 1. The van der Waals surface area contributed by atoms with E-state index in [0.29, 0.717) is 11.3 Å². The average molecular weight is 197 g/mol. The van der Waals surface area contributed by atoms with Crippen LogP contribution in [0.4, 0.5) is 4.79 Å². The maximum absolute atomic E-state index is 10.4. The van der Waals surface area contributed by atoms with Gasteiger partial charge in [-0.3, -0.25) is 0 Å². The first-order chi connectivity index (χ1) is 6.67. The molecule has 1 amide bonds. The van der Waals surface area contributed by atoms with Crippen molar-refractivity contribution in [3.8, 4) is 11.5 Å². The first-order valence-corrected chi connectivity index (χ1v) is 3.92. The summed E-state index contributed by atoms with van der Waals surface area (Å²) in [6, 6.07) is 4.60. The monoisotopic (exact) mass is 197 g/mol. The quantitative estimate of drug-likeness (QED) is 0.745. The predicted octanol–water partition coefficient (Wildman–Crippen LogP) is 0.645. The number of rotatable bonds is 3. The molecule has 0 aliphatic carbocycles. The van der Waals surface area contributed by atoms with Crippen LogP contribution in [0, 0.1) is 0 Å². The molecule has 0 aliphatic rings. The van der Waals surface area contributed by atoms with Crippen LogP contribution in [0.15, 0.2) is 18.2 Å². The minimum atomic E-state index is -0.885. The highest BCUT2D eigenvalue weighted by molar-refractivity contribution is 5.68. The number of amides is 1. The molecule has 5 heteroatoms. The summed E-state index contributed by atoms with van der Waals surface area (Å²) in [7, 11) is 1.46. The van der Waals surface area contributed by atoms with Gasteiger partial charge in [-0.1, -0.05) is 0 Å². The summed E-state index contributed by atoms with van der Waals surface area (Å²) in [6.45, 7) is -0.139. The van der Waals surface area contributed by atoms with Crippen LogP contribution in [0.1, 0.15) is 5.56 Å². The van der Waals surface area contributed by atoms with Crippen molar-refractivity contribution in [1.29, 1.82) is 0 Å². The van der Waals surface area contributed by atoms with E-state index in [9.17, 15) is 4.79 Å². The van der Waals surface area contributed by atoms with Gasteiger partial charge in [0.2, 0.25) is 0 Å². The zero-order valence-corrected chi connectivity index (χ0v) is 7.69. The van der Waals surface area contributed by atoms with Crippen molar-refractivity contribution >= 4 is 6.09 Å². The summed E-state index contributed by atoms with van der Waals surface area (Å²) < 4.78 is 9.60. The van der Waals surface area contributed by atoms with Crippen LogP contribution in [0.2, 0.25) is 0 Å². The fourth-order valence-corrected chi connectivity index (χ4v) is 1.04. The number of ether oxygens (including phenoxy) is 2. The van der Waals surface area contributed by atoms with Crippen LogP contribution in [-0.2, 0) is 6.61 Å². The molecule has 0 radical (unpaired) electrons. The van der Waals surface area contributed by atoms with Gasteiger partial charge in [0.15, 0.2) is 0 Å². The lowest BCUT2D eigenvalue weighted by molar-refractivity contribution is 0.210. The molecule has 0 unspecified atom stereocenters. The van der Waals surface area contributed by atoms with Gasteiger partial charge in [-0.2, -0.15) is 0 Å². The number of nitrogens with two attached hydrogens (primary N) is 1. The van der Waals surface area contributed by atoms with E-state index in [1.807, 2.05) is 0 Å². The van der Waals surface area contributed by atoms with Crippen molar-refractivity contribution in [2.75, 3.05) is 7.11 Å². The van der Waals surface area contributed by atoms with Crippen molar-refractivity contribution in [1.82, 2.24) is 0 Å². The average Bonchev–Trinajstić information content (AvgIpc) is 2.16. The van der Waals surface area contributed by atoms with Crippen molar-refractivity contribution in [3.63, 3.8) is 0 Å². The van der Waals surface area contributed by atoms with Crippen LogP contribution in [0.3, 0.4) is 0 Å². The van der Waals surface area contributed by atoms with Gasteiger partial charge in [-0.25, -0.2) is 4.79 Å². The number of aliphatic hydroxyl groups excluding tert-OH is 1.